The number of hydrogen-bond acceptors (Lipinski definition) is 2. The Labute approximate surface area is 84.5 Å². The lowest BCUT2D eigenvalue weighted by Crippen LogP contribution is -1.89. The summed E-state index contributed by atoms with van der Waals surface area (Å²) in [6.45, 7) is 9.56. The van der Waals surface area contributed by atoms with Crippen molar-refractivity contribution in [3.63, 3.8) is 0 Å². The van der Waals surface area contributed by atoms with Gasteiger partial charge in [0.15, 0.2) is 5.76 Å². The van der Waals surface area contributed by atoms with Crippen molar-refractivity contribution in [2.75, 3.05) is 0 Å². The molecule has 0 atom stereocenters. The second-order valence-corrected chi connectivity index (χ2v) is 3.32. The van der Waals surface area contributed by atoms with Crippen molar-refractivity contribution >= 4 is 11.3 Å². The van der Waals surface area contributed by atoms with Crippen molar-refractivity contribution in [1.29, 1.82) is 5.41 Å². The van der Waals surface area contributed by atoms with Gasteiger partial charge in [-0.25, -0.2) is 0 Å². The Morgan fingerprint density at radius 3 is 2.64 bits per heavy atom. The van der Waals surface area contributed by atoms with E-state index in [1.165, 1.54) is 0 Å². The predicted octanol–water partition coefficient (Wildman–Crippen LogP) is 3.57. The lowest BCUT2D eigenvalue weighted by Gasteiger charge is -1.94. The molecule has 0 radical (unpaired) electrons. The van der Waals surface area contributed by atoms with Gasteiger partial charge in [0.05, 0.1) is 5.71 Å². The minimum Gasteiger partial charge on any atom is -0.455 e. The van der Waals surface area contributed by atoms with Crippen LogP contribution in [0.15, 0.2) is 29.2 Å². The Morgan fingerprint density at radius 1 is 1.57 bits per heavy atom. The van der Waals surface area contributed by atoms with Crippen LogP contribution in [0.3, 0.4) is 0 Å². The molecular formula is C12H15NO. The first kappa shape index (κ1) is 10.5. The van der Waals surface area contributed by atoms with Crippen molar-refractivity contribution in [3.05, 3.63) is 41.9 Å². The van der Waals surface area contributed by atoms with Crippen LogP contribution in [0.25, 0.3) is 5.57 Å². The number of hydrogen-bond donors (Lipinski definition) is 1. The van der Waals surface area contributed by atoms with E-state index < -0.39 is 0 Å². The highest BCUT2D eigenvalue weighted by molar-refractivity contribution is 6.04. The Balaban J connectivity index is 3.08. The number of furan rings is 1. The first-order valence-corrected chi connectivity index (χ1v) is 4.54. The zero-order valence-corrected chi connectivity index (χ0v) is 8.85. The average molecular weight is 189 g/mol. The summed E-state index contributed by atoms with van der Waals surface area (Å²) in [5.74, 6) is 1.38. The van der Waals surface area contributed by atoms with Crippen molar-refractivity contribution in [2.24, 2.45) is 0 Å². The molecule has 74 valence electrons. The molecule has 0 amide bonds. The molecule has 1 heterocycles. The van der Waals surface area contributed by atoms with E-state index in [0.29, 0.717) is 11.5 Å². The molecule has 14 heavy (non-hydrogen) atoms. The highest BCUT2D eigenvalue weighted by Gasteiger charge is 2.09. The molecule has 0 aliphatic heterocycles. The lowest BCUT2D eigenvalue weighted by molar-refractivity contribution is 0.542. The molecular weight excluding hydrogens is 174 g/mol. The standard InChI is InChI=1S/C12H15NO/c1-5-6-10(13)11-7-9(4)12(14-11)8(2)3/h5-7,13H,2H2,1,3-4H3/b6-5-,13-10?. The zero-order valence-electron chi connectivity index (χ0n) is 8.85. The SMILES string of the molecule is C=C(C)c1oc(C(=N)/C=C\C)cc1C. The third-order valence-corrected chi connectivity index (χ3v) is 1.90. The number of aryl methyl sites for hydroxylation is 1. The van der Waals surface area contributed by atoms with E-state index in [2.05, 4.69) is 6.58 Å². The minimum absolute atomic E-state index is 0.392. The van der Waals surface area contributed by atoms with Crippen LogP contribution in [-0.2, 0) is 0 Å². The highest BCUT2D eigenvalue weighted by Crippen LogP contribution is 2.21. The number of rotatable bonds is 3. The largest absolute Gasteiger partial charge is 0.455 e. The maximum atomic E-state index is 7.67. The van der Waals surface area contributed by atoms with E-state index in [0.717, 1.165) is 16.9 Å². The average Bonchev–Trinajstić information content (AvgIpc) is 2.48. The van der Waals surface area contributed by atoms with Gasteiger partial charge in [0.2, 0.25) is 0 Å². The lowest BCUT2D eigenvalue weighted by atomic mass is 10.1. The van der Waals surface area contributed by atoms with Crippen LogP contribution in [0.4, 0.5) is 0 Å². The monoisotopic (exact) mass is 189 g/mol. The van der Waals surface area contributed by atoms with Gasteiger partial charge in [-0.05, 0) is 44.1 Å². The maximum Gasteiger partial charge on any atom is 0.152 e. The first-order chi connectivity index (χ1) is 6.56. The van der Waals surface area contributed by atoms with E-state index in [4.69, 9.17) is 9.83 Å². The third-order valence-electron chi connectivity index (χ3n) is 1.90. The van der Waals surface area contributed by atoms with Crippen molar-refractivity contribution in [2.45, 2.75) is 20.8 Å². The van der Waals surface area contributed by atoms with E-state index in [9.17, 15) is 0 Å². The first-order valence-electron chi connectivity index (χ1n) is 4.54. The van der Waals surface area contributed by atoms with Gasteiger partial charge in [0, 0.05) is 0 Å². The second kappa shape index (κ2) is 4.09. The summed E-state index contributed by atoms with van der Waals surface area (Å²) in [6, 6.07) is 1.87. The van der Waals surface area contributed by atoms with Gasteiger partial charge in [-0.2, -0.15) is 0 Å². The molecule has 0 fully saturated rings. The van der Waals surface area contributed by atoms with Gasteiger partial charge in [0.25, 0.3) is 0 Å². The molecule has 0 saturated heterocycles. The molecule has 2 nitrogen and oxygen atoms in total. The summed E-state index contributed by atoms with van der Waals surface area (Å²) in [4.78, 5) is 0. The molecule has 0 unspecified atom stereocenters. The summed E-state index contributed by atoms with van der Waals surface area (Å²) in [6.07, 6.45) is 3.53. The topological polar surface area (TPSA) is 37.0 Å². The van der Waals surface area contributed by atoms with Gasteiger partial charge in [-0.1, -0.05) is 12.7 Å². The fourth-order valence-corrected chi connectivity index (χ4v) is 1.29. The zero-order chi connectivity index (χ0) is 10.7. The summed E-state index contributed by atoms with van der Waals surface area (Å²) in [7, 11) is 0. The van der Waals surface area contributed by atoms with Gasteiger partial charge >= 0.3 is 0 Å². The summed E-state index contributed by atoms with van der Waals surface area (Å²) in [5, 5.41) is 7.67. The molecule has 0 aliphatic carbocycles. The fourth-order valence-electron chi connectivity index (χ4n) is 1.29. The van der Waals surface area contributed by atoms with E-state index in [1.54, 1.807) is 6.08 Å². The van der Waals surface area contributed by atoms with Crippen LogP contribution < -0.4 is 0 Å². The quantitative estimate of drug-likeness (QED) is 0.725. The van der Waals surface area contributed by atoms with E-state index >= 15 is 0 Å². The molecule has 0 spiro atoms. The Bertz CT molecular complexity index is 396. The molecule has 2 heteroatoms. The molecule has 1 N–H and O–H groups in total. The fraction of sp³-hybridized carbons (Fsp3) is 0.250. The normalized spacial score (nSPS) is 10.8. The van der Waals surface area contributed by atoms with Crippen molar-refractivity contribution < 1.29 is 4.42 Å². The third kappa shape index (κ3) is 2.02. The summed E-state index contributed by atoms with van der Waals surface area (Å²) in [5.41, 5.74) is 2.31. The van der Waals surface area contributed by atoms with Crippen LogP contribution in [0, 0.1) is 12.3 Å². The smallest absolute Gasteiger partial charge is 0.152 e. The van der Waals surface area contributed by atoms with Gasteiger partial charge in [0.1, 0.15) is 5.76 Å². The molecule has 1 aromatic rings. The van der Waals surface area contributed by atoms with Crippen LogP contribution in [-0.4, -0.2) is 5.71 Å². The molecule has 0 aliphatic rings. The van der Waals surface area contributed by atoms with Crippen LogP contribution >= 0.6 is 0 Å². The molecule has 1 aromatic heterocycles. The Morgan fingerprint density at radius 2 is 2.21 bits per heavy atom. The van der Waals surface area contributed by atoms with Crippen molar-refractivity contribution in [3.8, 4) is 0 Å². The second-order valence-electron chi connectivity index (χ2n) is 3.32. The number of nitrogens with one attached hydrogen (secondary N) is 1. The summed E-state index contributed by atoms with van der Waals surface area (Å²) < 4.78 is 5.51. The molecule has 0 saturated carbocycles. The summed E-state index contributed by atoms with van der Waals surface area (Å²) >= 11 is 0. The Kier molecular flexibility index (Phi) is 3.07. The van der Waals surface area contributed by atoms with Gasteiger partial charge in [-0.3, -0.25) is 5.41 Å². The van der Waals surface area contributed by atoms with Crippen LogP contribution in [0.5, 0.6) is 0 Å². The van der Waals surface area contributed by atoms with Crippen LogP contribution in [0.2, 0.25) is 0 Å². The molecule has 0 aromatic carbocycles. The van der Waals surface area contributed by atoms with Gasteiger partial charge in [-0.15, -0.1) is 0 Å². The molecule has 1 rings (SSSR count). The highest BCUT2D eigenvalue weighted by atomic mass is 16.3. The minimum atomic E-state index is 0.392. The molecule has 0 bridgehead atoms. The predicted molar refractivity (Wildman–Crippen MR) is 59.8 cm³/mol. The Hall–Kier alpha value is -1.57. The van der Waals surface area contributed by atoms with E-state index in [1.807, 2.05) is 32.9 Å². The number of allylic oxidation sites excluding steroid dienone is 3. The maximum absolute atomic E-state index is 7.67. The van der Waals surface area contributed by atoms with Crippen LogP contribution in [0.1, 0.15) is 30.9 Å². The van der Waals surface area contributed by atoms with E-state index in [-0.39, 0.29) is 0 Å². The van der Waals surface area contributed by atoms with Gasteiger partial charge < -0.3 is 4.42 Å². The van der Waals surface area contributed by atoms with Crippen molar-refractivity contribution in [1.82, 2.24) is 0 Å².